The average Bonchev–Trinajstić information content (AvgIpc) is 2.87. The second-order valence-corrected chi connectivity index (χ2v) is 8.41. The highest BCUT2D eigenvalue weighted by Crippen LogP contribution is 2.34. The molecule has 4 aromatic rings. The first kappa shape index (κ1) is 24.7. The van der Waals surface area contributed by atoms with Crippen molar-refractivity contribution in [3.63, 3.8) is 0 Å². The van der Waals surface area contributed by atoms with Gasteiger partial charge in [-0.25, -0.2) is 14.3 Å². The quantitative estimate of drug-likeness (QED) is 0.252. The van der Waals surface area contributed by atoms with Crippen molar-refractivity contribution in [1.29, 1.82) is 0 Å². The molecule has 0 bridgehead atoms. The zero-order valence-corrected chi connectivity index (χ0v) is 19.6. The molecule has 0 spiro atoms. The van der Waals surface area contributed by atoms with E-state index in [1.165, 1.54) is 36.5 Å². The number of hydrogen-bond acceptors (Lipinski definition) is 4. The van der Waals surface area contributed by atoms with E-state index in [4.69, 9.17) is 5.21 Å². The lowest BCUT2D eigenvalue weighted by molar-refractivity contribution is 0.0706. The lowest BCUT2D eigenvalue weighted by Crippen LogP contribution is -2.23. The SMILES string of the molecule is Cc1ccc(-c2cc(C(=O)NCc3ccc(C(=O)NO)cc3)cnc2-c2ccc(C)cc2F)c(F)c1. The maximum atomic E-state index is 14.9. The van der Waals surface area contributed by atoms with Gasteiger partial charge in [0.2, 0.25) is 0 Å². The van der Waals surface area contributed by atoms with E-state index < -0.39 is 23.4 Å². The Morgan fingerprint density at radius 2 is 1.39 bits per heavy atom. The van der Waals surface area contributed by atoms with Crippen molar-refractivity contribution in [3.05, 3.63) is 112 Å². The van der Waals surface area contributed by atoms with Crippen LogP contribution in [-0.2, 0) is 6.54 Å². The van der Waals surface area contributed by atoms with Crippen molar-refractivity contribution in [2.75, 3.05) is 0 Å². The number of nitrogens with zero attached hydrogens (tertiary/aromatic N) is 1. The van der Waals surface area contributed by atoms with Crippen LogP contribution in [0, 0.1) is 25.5 Å². The van der Waals surface area contributed by atoms with Crippen LogP contribution in [0.1, 0.15) is 37.4 Å². The Labute approximate surface area is 206 Å². The molecular weight excluding hydrogens is 464 g/mol. The van der Waals surface area contributed by atoms with Crippen LogP contribution in [0.5, 0.6) is 0 Å². The minimum atomic E-state index is -0.641. The number of rotatable bonds is 6. The Bertz CT molecular complexity index is 1450. The van der Waals surface area contributed by atoms with Gasteiger partial charge in [0, 0.05) is 35.0 Å². The summed E-state index contributed by atoms with van der Waals surface area (Å²) in [5.74, 6) is -2.09. The fourth-order valence-corrected chi connectivity index (χ4v) is 3.78. The highest BCUT2D eigenvalue weighted by Gasteiger charge is 2.19. The molecule has 0 aliphatic carbocycles. The van der Waals surface area contributed by atoms with E-state index in [1.54, 1.807) is 55.7 Å². The van der Waals surface area contributed by atoms with Crippen LogP contribution in [0.3, 0.4) is 0 Å². The third-order valence-corrected chi connectivity index (χ3v) is 5.72. The zero-order valence-electron chi connectivity index (χ0n) is 19.6. The predicted molar refractivity (Wildman–Crippen MR) is 131 cm³/mol. The minimum absolute atomic E-state index is 0.155. The molecule has 6 nitrogen and oxygen atoms in total. The molecule has 0 saturated heterocycles. The number of carbonyl (C=O) groups excluding carboxylic acids is 2. The third-order valence-electron chi connectivity index (χ3n) is 5.72. The van der Waals surface area contributed by atoms with Gasteiger partial charge in [0.25, 0.3) is 11.8 Å². The Hall–Kier alpha value is -4.43. The summed E-state index contributed by atoms with van der Waals surface area (Å²) in [6, 6.07) is 17.2. The van der Waals surface area contributed by atoms with E-state index in [2.05, 4.69) is 10.3 Å². The van der Waals surface area contributed by atoms with Crippen molar-refractivity contribution in [2.45, 2.75) is 20.4 Å². The number of pyridine rings is 1. The van der Waals surface area contributed by atoms with Gasteiger partial charge in [-0.3, -0.25) is 19.8 Å². The van der Waals surface area contributed by atoms with Crippen LogP contribution in [0.25, 0.3) is 22.4 Å². The summed E-state index contributed by atoms with van der Waals surface area (Å²) < 4.78 is 29.8. The molecule has 0 radical (unpaired) electrons. The van der Waals surface area contributed by atoms with Gasteiger partial charge in [0.05, 0.1) is 11.3 Å². The summed E-state index contributed by atoms with van der Waals surface area (Å²) in [7, 11) is 0. The van der Waals surface area contributed by atoms with Crippen LogP contribution in [-0.4, -0.2) is 22.0 Å². The fourth-order valence-electron chi connectivity index (χ4n) is 3.78. The molecule has 4 rings (SSSR count). The van der Waals surface area contributed by atoms with E-state index in [0.29, 0.717) is 11.1 Å². The van der Waals surface area contributed by atoms with E-state index in [9.17, 15) is 18.4 Å². The van der Waals surface area contributed by atoms with Gasteiger partial charge in [0.15, 0.2) is 0 Å². The van der Waals surface area contributed by atoms with Gasteiger partial charge in [-0.2, -0.15) is 0 Å². The molecule has 36 heavy (non-hydrogen) atoms. The van der Waals surface area contributed by atoms with Gasteiger partial charge in [-0.15, -0.1) is 0 Å². The number of amides is 2. The molecule has 0 aliphatic heterocycles. The van der Waals surface area contributed by atoms with E-state index in [-0.39, 0.29) is 34.5 Å². The van der Waals surface area contributed by atoms with Gasteiger partial charge in [-0.1, -0.05) is 30.3 Å². The van der Waals surface area contributed by atoms with E-state index in [1.807, 2.05) is 0 Å². The Morgan fingerprint density at radius 3 is 1.97 bits per heavy atom. The highest BCUT2D eigenvalue weighted by atomic mass is 19.1. The number of benzene rings is 3. The minimum Gasteiger partial charge on any atom is -0.348 e. The van der Waals surface area contributed by atoms with Crippen LogP contribution in [0.4, 0.5) is 8.78 Å². The Kier molecular flexibility index (Phi) is 7.17. The lowest BCUT2D eigenvalue weighted by Gasteiger charge is -2.14. The number of carbonyl (C=O) groups is 2. The number of aromatic nitrogens is 1. The number of aryl methyl sites for hydroxylation is 2. The lowest BCUT2D eigenvalue weighted by atomic mass is 9.95. The molecule has 0 unspecified atom stereocenters. The summed E-state index contributed by atoms with van der Waals surface area (Å²) >= 11 is 0. The largest absolute Gasteiger partial charge is 0.348 e. The molecule has 8 heteroatoms. The molecule has 0 atom stereocenters. The molecule has 2 amide bonds. The van der Waals surface area contributed by atoms with Crippen molar-refractivity contribution < 1.29 is 23.6 Å². The zero-order chi connectivity index (χ0) is 25.8. The first-order valence-electron chi connectivity index (χ1n) is 11.1. The molecule has 0 fully saturated rings. The summed E-state index contributed by atoms with van der Waals surface area (Å²) in [5.41, 5.74) is 5.10. The number of nitrogens with one attached hydrogen (secondary N) is 2. The molecule has 0 aliphatic rings. The molecule has 1 heterocycles. The van der Waals surface area contributed by atoms with Crippen LogP contribution in [0.15, 0.2) is 72.9 Å². The summed E-state index contributed by atoms with van der Waals surface area (Å²) in [5, 5.41) is 11.5. The van der Waals surface area contributed by atoms with E-state index >= 15 is 0 Å². The normalized spacial score (nSPS) is 10.7. The summed E-state index contributed by atoms with van der Waals surface area (Å²) in [4.78, 5) is 28.7. The molecule has 1 aromatic heterocycles. The summed E-state index contributed by atoms with van der Waals surface area (Å²) in [6.45, 7) is 3.68. The van der Waals surface area contributed by atoms with Crippen molar-refractivity contribution in [2.24, 2.45) is 0 Å². The van der Waals surface area contributed by atoms with Crippen LogP contribution in [0.2, 0.25) is 0 Å². The maximum Gasteiger partial charge on any atom is 0.274 e. The van der Waals surface area contributed by atoms with Gasteiger partial charge < -0.3 is 5.32 Å². The number of hydrogen-bond donors (Lipinski definition) is 3. The monoisotopic (exact) mass is 487 g/mol. The Balaban J connectivity index is 1.66. The van der Waals surface area contributed by atoms with Gasteiger partial charge in [-0.05, 0) is 66.9 Å². The summed E-state index contributed by atoms with van der Waals surface area (Å²) in [6.07, 6.45) is 1.33. The first-order chi connectivity index (χ1) is 17.3. The predicted octanol–water partition coefficient (Wildman–Crippen LogP) is 5.36. The second-order valence-electron chi connectivity index (χ2n) is 8.41. The first-order valence-corrected chi connectivity index (χ1v) is 11.1. The van der Waals surface area contributed by atoms with Gasteiger partial charge >= 0.3 is 0 Å². The molecule has 3 N–H and O–H groups in total. The molecule has 0 saturated carbocycles. The highest BCUT2D eigenvalue weighted by molar-refractivity contribution is 5.97. The number of hydroxylamine groups is 1. The smallest absolute Gasteiger partial charge is 0.274 e. The van der Waals surface area contributed by atoms with Crippen LogP contribution >= 0.6 is 0 Å². The average molecular weight is 488 g/mol. The van der Waals surface area contributed by atoms with Crippen molar-refractivity contribution in [1.82, 2.24) is 15.8 Å². The third kappa shape index (κ3) is 5.29. The molecule has 3 aromatic carbocycles. The number of halogens is 2. The second kappa shape index (κ2) is 10.5. The van der Waals surface area contributed by atoms with Crippen molar-refractivity contribution in [3.8, 4) is 22.4 Å². The van der Waals surface area contributed by atoms with Crippen LogP contribution < -0.4 is 10.8 Å². The maximum absolute atomic E-state index is 14.9. The van der Waals surface area contributed by atoms with Crippen molar-refractivity contribution >= 4 is 11.8 Å². The topological polar surface area (TPSA) is 91.3 Å². The molecule has 182 valence electrons. The van der Waals surface area contributed by atoms with Gasteiger partial charge in [0.1, 0.15) is 11.6 Å². The standard InChI is InChI=1S/C28H23F2N3O3/c1-16-3-9-21(24(29)11-16)23-13-20(15-31-26(23)22-10-4-17(2)12-25(22)30)27(34)32-14-18-5-7-19(8-6-18)28(35)33-36/h3-13,15,36H,14H2,1-2H3,(H,32,34)(H,33,35). The molecular formula is C28H23F2N3O3. The fraction of sp³-hybridized carbons (Fsp3) is 0.107. The Morgan fingerprint density at radius 1 is 0.778 bits per heavy atom. The van der Waals surface area contributed by atoms with E-state index in [0.717, 1.165) is 11.1 Å².